The Morgan fingerprint density at radius 3 is 2.62 bits per heavy atom. The second-order valence-electron chi connectivity index (χ2n) is 2.25. The molecule has 0 aliphatic carbocycles. The maximum absolute atomic E-state index is 8.25. The Morgan fingerprint density at radius 2 is 1.92 bits per heavy atom. The van der Waals surface area contributed by atoms with Gasteiger partial charge in [-0.25, -0.2) is 0 Å². The average molecular weight is 288 g/mol. The maximum atomic E-state index is 8.25. The number of hydrogen-bond acceptors (Lipinski definition) is 2. The molecule has 0 bridgehead atoms. The number of hydrogen-bond donors (Lipinski definition) is 0. The number of fused-ring (bicyclic) bond motifs is 1. The molecule has 73 valence electrons. The van der Waals surface area contributed by atoms with Gasteiger partial charge in [-0.2, -0.15) is 0 Å². The van der Waals surface area contributed by atoms with Crippen molar-refractivity contribution in [3.63, 3.8) is 0 Å². The van der Waals surface area contributed by atoms with Gasteiger partial charge in [-0.05, 0) is 12.1 Å². The predicted octanol–water partition coefficient (Wildman–Crippen LogP) is 1.32. The van der Waals surface area contributed by atoms with E-state index in [1.807, 2.05) is 30.3 Å². The van der Waals surface area contributed by atoms with Gasteiger partial charge >= 0.3 is 20.5 Å². The van der Waals surface area contributed by atoms with Crippen molar-refractivity contribution in [1.29, 1.82) is 0 Å². The summed E-state index contributed by atoms with van der Waals surface area (Å²) in [5.74, 6) is 0.991. The molecule has 0 fully saturated rings. The molecule has 0 saturated heterocycles. The zero-order valence-corrected chi connectivity index (χ0v) is 9.83. The first-order valence-corrected chi connectivity index (χ1v) is 4.41. The van der Waals surface area contributed by atoms with Crippen LogP contribution in [0.15, 0.2) is 30.3 Å². The predicted molar refractivity (Wildman–Crippen MR) is 48.8 cm³/mol. The largest absolute Gasteiger partial charge is 0 e. The summed E-state index contributed by atoms with van der Waals surface area (Å²) < 4.78 is 13.6. The summed E-state index contributed by atoms with van der Waals surface area (Å²) in [7, 11) is 0. The summed E-state index contributed by atoms with van der Waals surface area (Å²) in [5, 5.41) is 0. The number of rotatable bonds is 0. The second kappa shape index (κ2) is 7.08. The summed E-state index contributed by atoms with van der Waals surface area (Å²) in [6, 6.07) is 8.03. The maximum Gasteiger partial charge on any atom is 0 e. The van der Waals surface area contributed by atoms with Gasteiger partial charge in [-0.1, -0.05) is 24.3 Å². The van der Waals surface area contributed by atoms with Gasteiger partial charge in [0.2, 0.25) is 0 Å². The molecule has 13 heavy (non-hydrogen) atoms. The number of para-hydroxylation sites is 1. The molecule has 1 heterocycles. The molecule has 4 heteroatoms. The van der Waals surface area contributed by atoms with Crippen LogP contribution in [-0.4, -0.2) is 23.4 Å². The van der Waals surface area contributed by atoms with Crippen LogP contribution in [0.3, 0.4) is 0 Å². The summed E-state index contributed by atoms with van der Waals surface area (Å²) in [5.41, 5.74) is 1.17. The molecule has 1 aliphatic heterocycles. The molecule has 0 aromatic heterocycles. The van der Waals surface area contributed by atoms with Crippen molar-refractivity contribution in [2.75, 3.05) is 6.61 Å². The van der Waals surface area contributed by atoms with Gasteiger partial charge < -0.3 is 4.74 Å². The minimum absolute atomic E-state index is 0. The molecule has 1 aromatic rings. The van der Waals surface area contributed by atoms with Crippen LogP contribution in [0, 0.1) is 0 Å². The Morgan fingerprint density at radius 1 is 1.23 bits per heavy atom. The first-order chi connectivity index (χ1) is 5.97. The Labute approximate surface area is 96.6 Å². The van der Waals surface area contributed by atoms with Crippen molar-refractivity contribution >= 4 is 22.9 Å². The van der Waals surface area contributed by atoms with E-state index in [0.717, 1.165) is 22.5 Å². The van der Waals surface area contributed by atoms with Crippen LogP contribution in [0.25, 0.3) is 6.08 Å². The fourth-order valence-electron chi connectivity index (χ4n) is 1.06. The minimum Gasteiger partial charge on any atom is 0 e. The zero-order chi connectivity index (χ0) is 8.81. The van der Waals surface area contributed by atoms with Crippen molar-refractivity contribution in [3.05, 3.63) is 35.9 Å². The first-order valence-electron chi connectivity index (χ1n) is 3.55. The van der Waals surface area contributed by atoms with E-state index < -0.39 is 0 Å². The second-order valence-corrected chi connectivity index (χ2v) is 2.25. The topological polar surface area (TPSA) is 26.3 Å². The third-order valence-electron chi connectivity index (χ3n) is 1.55. The molecule has 0 saturated carbocycles. The van der Waals surface area contributed by atoms with Crippen molar-refractivity contribution < 1.29 is 25.5 Å². The first kappa shape index (κ1) is 12.6. The van der Waals surface area contributed by atoms with E-state index in [4.69, 9.17) is 8.48 Å². The molecule has 1 aliphatic rings. The minimum atomic E-state index is 0. The van der Waals surface area contributed by atoms with Gasteiger partial charge in [0.15, 0.2) is 0 Å². The van der Waals surface area contributed by atoms with Crippen LogP contribution < -0.4 is 4.74 Å². The van der Waals surface area contributed by atoms with Crippen LogP contribution in [0.1, 0.15) is 5.56 Å². The summed E-state index contributed by atoms with van der Waals surface area (Å²) in [4.78, 5) is 0. The number of benzene rings is 1. The molecule has 0 N–H and O–H groups in total. The number of ether oxygens (including phenoxy) is 1. The van der Waals surface area contributed by atoms with E-state index in [9.17, 15) is 0 Å². The molecule has 1 aromatic carbocycles. The standard InChI is InChI=1S/C9H8O.AsHO.Cu/c1-2-6-9-8(4-1)5-3-7-10-9;1-2;/h1-6H,7H2;1H;. The molecule has 1 radical (unpaired) electrons. The molecule has 0 atom stereocenters. The van der Waals surface area contributed by atoms with Crippen LogP contribution in [0.4, 0.5) is 0 Å². The van der Waals surface area contributed by atoms with E-state index in [-0.39, 0.29) is 17.1 Å². The molecule has 0 spiro atoms. The van der Waals surface area contributed by atoms with E-state index in [0.29, 0.717) is 6.61 Å². The Balaban J connectivity index is 0.000000451. The van der Waals surface area contributed by atoms with E-state index in [2.05, 4.69) is 6.08 Å². The van der Waals surface area contributed by atoms with Crippen molar-refractivity contribution in [2.45, 2.75) is 0 Å². The molecular weight excluding hydrogens is 279 g/mol. The zero-order valence-electron chi connectivity index (χ0n) is 6.79. The van der Waals surface area contributed by atoms with Gasteiger partial charge in [0.25, 0.3) is 0 Å². The van der Waals surface area contributed by atoms with Crippen LogP contribution in [-0.2, 0) is 20.8 Å². The fraction of sp³-hybridized carbons (Fsp3) is 0.111. The van der Waals surface area contributed by atoms with Crippen LogP contribution >= 0.6 is 0 Å². The van der Waals surface area contributed by atoms with Gasteiger partial charge in [-0.3, -0.25) is 0 Å². The summed E-state index contributed by atoms with van der Waals surface area (Å²) in [6.45, 7) is 0.705. The molecule has 0 amide bonds. The molecule has 2 rings (SSSR count). The quantitative estimate of drug-likeness (QED) is 0.673. The molecule has 2 nitrogen and oxygen atoms in total. The third-order valence-corrected chi connectivity index (χ3v) is 1.55. The van der Waals surface area contributed by atoms with E-state index in [1.165, 1.54) is 5.56 Å². The Kier molecular flexibility index (Phi) is 6.88. The van der Waals surface area contributed by atoms with Crippen LogP contribution in [0.2, 0.25) is 0 Å². The van der Waals surface area contributed by atoms with Gasteiger partial charge in [0.1, 0.15) is 12.4 Å². The van der Waals surface area contributed by atoms with Gasteiger partial charge in [-0.15, -0.1) is 0 Å². The Hall–Kier alpha value is -0.362. The van der Waals surface area contributed by atoms with Gasteiger partial charge in [0, 0.05) is 22.6 Å². The monoisotopic (exact) mass is 287 g/mol. The summed E-state index contributed by atoms with van der Waals surface area (Å²) in [6.07, 6.45) is 4.10. The van der Waals surface area contributed by atoms with Crippen molar-refractivity contribution in [3.8, 4) is 5.75 Å². The van der Waals surface area contributed by atoms with Gasteiger partial charge in [0.05, 0.1) is 0 Å². The van der Waals surface area contributed by atoms with Crippen LogP contribution in [0.5, 0.6) is 5.75 Å². The normalized spacial score (nSPS) is 11.1. The SMILES string of the molecule is C1=Cc2ccccc2OC1.O=[AsH].[Cu]. The summed E-state index contributed by atoms with van der Waals surface area (Å²) >= 11 is 0.750. The van der Waals surface area contributed by atoms with E-state index in [1.54, 1.807) is 0 Å². The molecule has 0 unspecified atom stereocenters. The smallest absolute Gasteiger partial charge is 0 e. The average Bonchev–Trinajstić information content (AvgIpc) is 2.21. The van der Waals surface area contributed by atoms with E-state index >= 15 is 0 Å². The third kappa shape index (κ3) is 3.47. The Bertz CT molecular complexity index is 289. The fourth-order valence-corrected chi connectivity index (χ4v) is 1.06. The van der Waals surface area contributed by atoms with Crippen molar-refractivity contribution in [2.24, 2.45) is 0 Å². The molecular formula is C9H9AsCuO2. The van der Waals surface area contributed by atoms with Crippen molar-refractivity contribution in [1.82, 2.24) is 0 Å².